The standard InChI is InChI=1S/C28H32N2O3/c1-20-18-24(14-16-29-20)23-12-10-22(11-13-23)21(2)30-17-15-28(33-26(30)31,19-27(3,4)32)25-8-6-5-7-9-25/h5-14,16,18,21,32H,15,17,19H2,1-4H3/t21-,28-/m0/s1. The number of benzene rings is 2. The predicted octanol–water partition coefficient (Wildman–Crippen LogP) is 6.02. The Hall–Kier alpha value is -3.18. The third kappa shape index (κ3) is 5.09. The van der Waals surface area contributed by atoms with E-state index in [-0.39, 0.29) is 12.1 Å². The van der Waals surface area contributed by atoms with Crippen molar-refractivity contribution in [3.63, 3.8) is 0 Å². The first-order chi connectivity index (χ1) is 15.7. The van der Waals surface area contributed by atoms with Crippen LogP contribution in [0.2, 0.25) is 0 Å². The first-order valence-corrected chi connectivity index (χ1v) is 11.5. The van der Waals surface area contributed by atoms with Crippen LogP contribution >= 0.6 is 0 Å². The quantitative estimate of drug-likeness (QED) is 0.505. The number of hydrogen-bond donors (Lipinski definition) is 1. The summed E-state index contributed by atoms with van der Waals surface area (Å²) in [6.07, 6.45) is 2.43. The van der Waals surface area contributed by atoms with Crippen molar-refractivity contribution in [1.29, 1.82) is 0 Å². The smallest absolute Gasteiger partial charge is 0.411 e. The van der Waals surface area contributed by atoms with E-state index in [0.29, 0.717) is 19.4 Å². The highest BCUT2D eigenvalue weighted by molar-refractivity contribution is 5.70. The van der Waals surface area contributed by atoms with Crippen LogP contribution in [0, 0.1) is 6.92 Å². The molecule has 4 rings (SSSR count). The number of ether oxygens (including phenoxy) is 1. The van der Waals surface area contributed by atoms with E-state index < -0.39 is 11.2 Å². The summed E-state index contributed by atoms with van der Waals surface area (Å²) in [5, 5.41) is 10.6. The molecule has 0 spiro atoms. The van der Waals surface area contributed by atoms with Crippen LogP contribution in [0.4, 0.5) is 4.79 Å². The van der Waals surface area contributed by atoms with E-state index in [1.807, 2.05) is 56.4 Å². The van der Waals surface area contributed by atoms with Gasteiger partial charge in [0.2, 0.25) is 0 Å². The average Bonchev–Trinajstić information content (AvgIpc) is 2.78. The summed E-state index contributed by atoms with van der Waals surface area (Å²) in [4.78, 5) is 19.3. The first-order valence-electron chi connectivity index (χ1n) is 11.5. The van der Waals surface area contributed by atoms with Gasteiger partial charge in [0.25, 0.3) is 0 Å². The number of amides is 1. The molecule has 3 aromatic rings. The lowest BCUT2D eigenvalue weighted by atomic mass is 9.80. The van der Waals surface area contributed by atoms with Gasteiger partial charge in [-0.25, -0.2) is 4.79 Å². The molecule has 1 saturated heterocycles. The summed E-state index contributed by atoms with van der Waals surface area (Å²) < 4.78 is 6.12. The van der Waals surface area contributed by atoms with Gasteiger partial charge in [-0.2, -0.15) is 0 Å². The minimum atomic E-state index is -0.967. The van der Waals surface area contributed by atoms with Crippen molar-refractivity contribution in [3.05, 3.63) is 89.7 Å². The molecule has 1 amide bonds. The molecule has 0 unspecified atom stereocenters. The minimum Gasteiger partial charge on any atom is -0.438 e. The average molecular weight is 445 g/mol. The third-order valence-electron chi connectivity index (χ3n) is 6.38. The molecule has 1 aliphatic rings. The zero-order chi connectivity index (χ0) is 23.6. The van der Waals surface area contributed by atoms with E-state index in [0.717, 1.165) is 27.9 Å². The van der Waals surface area contributed by atoms with Gasteiger partial charge in [-0.05, 0) is 62.1 Å². The fourth-order valence-electron chi connectivity index (χ4n) is 4.75. The second kappa shape index (κ2) is 8.99. The van der Waals surface area contributed by atoms with Gasteiger partial charge in [0.1, 0.15) is 5.60 Å². The molecule has 2 aromatic carbocycles. The lowest BCUT2D eigenvalue weighted by Gasteiger charge is -2.45. The Morgan fingerprint density at radius 2 is 1.79 bits per heavy atom. The van der Waals surface area contributed by atoms with Crippen molar-refractivity contribution in [2.45, 2.75) is 57.8 Å². The van der Waals surface area contributed by atoms with Crippen LogP contribution in [0.15, 0.2) is 72.9 Å². The van der Waals surface area contributed by atoms with E-state index in [1.54, 1.807) is 18.7 Å². The van der Waals surface area contributed by atoms with Crippen molar-refractivity contribution in [3.8, 4) is 11.1 Å². The van der Waals surface area contributed by atoms with Crippen LogP contribution in [0.1, 0.15) is 56.5 Å². The number of aryl methyl sites for hydroxylation is 1. The van der Waals surface area contributed by atoms with Gasteiger partial charge >= 0.3 is 6.09 Å². The van der Waals surface area contributed by atoms with E-state index in [4.69, 9.17) is 4.74 Å². The van der Waals surface area contributed by atoms with Crippen molar-refractivity contribution in [1.82, 2.24) is 9.88 Å². The SMILES string of the molecule is Cc1cc(-c2ccc([C@H](C)N3CC[C@](CC(C)(C)O)(c4ccccc4)OC3=O)cc2)ccn1. The molecule has 33 heavy (non-hydrogen) atoms. The first kappa shape index (κ1) is 23.0. The molecule has 0 saturated carbocycles. The fraction of sp³-hybridized carbons (Fsp3) is 0.357. The van der Waals surface area contributed by atoms with Crippen LogP contribution in [-0.2, 0) is 10.3 Å². The second-order valence-corrected chi connectivity index (χ2v) is 9.64. The van der Waals surface area contributed by atoms with Gasteiger partial charge < -0.3 is 14.7 Å². The van der Waals surface area contributed by atoms with E-state index in [1.165, 1.54) is 0 Å². The number of carbonyl (C=O) groups is 1. The predicted molar refractivity (Wildman–Crippen MR) is 130 cm³/mol. The molecule has 172 valence electrons. The molecular weight excluding hydrogens is 412 g/mol. The Morgan fingerprint density at radius 1 is 1.09 bits per heavy atom. The third-order valence-corrected chi connectivity index (χ3v) is 6.38. The van der Waals surface area contributed by atoms with Gasteiger partial charge in [0.05, 0.1) is 11.6 Å². The minimum absolute atomic E-state index is 0.123. The molecule has 5 heteroatoms. The summed E-state index contributed by atoms with van der Waals surface area (Å²) in [7, 11) is 0. The largest absolute Gasteiger partial charge is 0.438 e. The number of aliphatic hydroxyl groups is 1. The molecule has 2 heterocycles. The highest BCUT2D eigenvalue weighted by Crippen LogP contribution is 2.42. The van der Waals surface area contributed by atoms with E-state index >= 15 is 0 Å². The maximum atomic E-state index is 13.2. The molecule has 1 fully saturated rings. The van der Waals surface area contributed by atoms with Gasteiger partial charge in [-0.3, -0.25) is 4.98 Å². The second-order valence-electron chi connectivity index (χ2n) is 9.64. The number of aromatic nitrogens is 1. The van der Waals surface area contributed by atoms with Crippen molar-refractivity contribution in [2.24, 2.45) is 0 Å². The van der Waals surface area contributed by atoms with E-state index in [2.05, 4.69) is 35.3 Å². The monoisotopic (exact) mass is 444 g/mol. The van der Waals surface area contributed by atoms with E-state index in [9.17, 15) is 9.90 Å². The normalized spacial score (nSPS) is 19.8. The maximum absolute atomic E-state index is 13.2. The zero-order valence-corrected chi connectivity index (χ0v) is 19.8. The Balaban J connectivity index is 1.53. The summed E-state index contributed by atoms with van der Waals surface area (Å²) >= 11 is 0. The number of hydrogen-bond acceptors (Lipinski definition) is 4. The lowest BCUT2D eigenvalue weighted by molar-refractivity contribution is -0.101. The number of pyridine rings is 1. The van der Waals surface area contributed by atoms with Crippen LogP contribution in [0.3, 0.4) is 0 Å². The molecule has 0 bridgehead atoms. The van der Waals surface area contributed by atoms with Crippen LogP contribution in [0.25, 0.3) is 11.1 Å². The maximum Gasteiger partial charge on any atom is 0.411 e. The van der Waals surface area contributed by atoms with Crippen LogP contribution in [-0.4, -0.2) is 33.2 Å². The van der Waals surface area contributed by atoms with Crippen LogP contribution in [0.5, 0.6) is 0 Å². The van der Waals surface area contributed by atoms with Gasteiger partial charge in [-0.15, -0.1) is 0 Å². The van der Waals surface area contributed by atoms with Gasteiger partial charge in [0.15, 0.2) is 0 Å². The van der Waals surface area contributed by atoms with Crippen molar-refractivity contribution < 1.29 is 14.6 Å². The highest BCUT2D eigenvalue weighted by Gasteiger charge is 2.46. The molecule has 0 radical (unpaired) electrons. The van der Waals surface area contributed by atoms with Crippen molar-refractivity contribution in [2.75, 3.05) is 6.54 Å². The zero-order valence-electron chi connectivity index (χ0n) is 19.8. The summed E-state index contributed by atoms with van der Waals surface area (Å²) in [6.45, 7) is 8.07. The van der Waals surface area contributed by atoms with Gasteiger partial charge in [0, 0.05) is 31.3 Å². The number of rotatable bonds is 6. The molecule has 0 aliphatic carbocycles. The highest BCUT2D eigenvalue weighted by atomic mass is 16.6. The molecule has 5 nitrogen and oxygen atoms in total. The molecule has 1 N–H and O–H groups in total. The Kier molecular flexibility index (Phi) is 6.26. The van der Waals surface area contributed by atoms with Crippen LogP contribution < -0.4 is 0 Å². The summed E-state index contributed by atoms with van der Waals surface area (Å²) in [5.74, 6) is 0. The molecule has 1 aromatic heterocycles. The topological polar surface area (TPSA) is 62.7 Å². The number of carbonyl (C=O) groups excluding carboxylic acids is 1. The number of nitrogens with zero attached hydrogens (tertiary/aromatic N) is 2. The summed E-state index contributed by atoms with van der Waals surface area (Å²) in [5.41, 5.74) is 3.39. The molecular formula is C28H32N2O3. The molecule has 2 atom stereocenters. The fourth-order valence-corrected chi connectivity index (χ4v) is 4.75. The number of cyclic esters (lactones) is 1. The van der Waals surface area contributed by atoms with Gasteiger partial charge in [-0.1, -0.05) is 54.6 Å². The Bertz CT molecular complexity index is 1110. The molecule has 1 aliphatic heterocycles. The van der Waals surface area contributed by atoms with Crippen molar-refractivity contribution >= 4 is 6.09 Å². The summed E-state index contributed by atoms with van der Waals surface area (Å²) in [6, 6.07) is 22.0. The Labute approximate surface area is 196 Å². The lowest BCUT2D eigenvalue weighted by Crippen LogP contribution is -2.51. The Morgan fingerprint density at radius 3 is 2.39 bits per heavy atom.